The zero-order valence-electron chi connectivity index (χ0n) is 13.6. The van der Waals surface area contributed by atoms with Crippen LogP contribution in [0.3, 0.4) is 0 Å². The standard InChI is InChI=1S/C22H19NO/c1-16-13-20-14-21(24)11-12-22(20)23(16)15-17-7-9-19(10-8-17)18-5-3-2-4-6-18/h2-14,24H,15H2,1H3. The smallest absolute Gasteiger partial charge is 0.116 e. The van der Waals surface area contributed by atoms with E-state index in [0.29, 0.717) is 5.75 Å². The van der Waals surface area contributed by atoms with Crippen LogP contribution in [0.4, 0.5) is 0 Å². The predicted octanol–water partition coefficient (Wildman–Crippen LogP) is 5.37. The van der Waals surface area contributed by atoms with Gasteiger partial charge < -0.3 is 9.67 Å². The van der Waals surface area contributed by atoms with Crippen molar-refractivity contribution >= 4 is 10.9 Å². The first-order chi connectivity index (χ1) is 11.7. The molecule has 1 heterocycles. The summed E-state index contributed by atoms with van der Waals surface area (Å²) in [7, 11) is 0. The van der Waals surface area contributed by atoms with Crippen LogP contribution >= 0.6 is 0 Å². The van der Waals surface area contributed by atoms with Crippen LogP contribution in [0.5, 0.6) is 5.75 Å². The summed E-state index contributed by atoms with van der Waals surface area (Å²) < 4.78 is 2.28. The molecule has 4 aromatic rings. The Labute approximate surface area is 141 Å². The summed E-state index contributed by atoms with van der Waals surface area (Å²) in [4.78, 5) is 0. The van der Waals surface area contributed by atoms with Gasteiger partial charge in [0.2, 0.25) is 0 Å². The van der Waals surface area contributed by atoms with Gasteiger partial charge in [0.25, 0.3) is 0 Å². The van der Waals surface area contributed by atoms with E-state index in [1.165, 1.54) is 22.4 Å². The minimum Gasteiger partial charge on any atom is -0.508 e. The number of aromatic hydroxyl groups is 1. The second kappa shape index (κ2) is 5.89. The van der Waals surface area contributed by atoms with Gasteiger partial charge in [-0.1, -0.05) is 54.6 Å². The van der Waals surface area contributed by atoms with E-state index in [1.807, 2.05) is 18.2 Å². The molecule has 0 saturated carbocycles. The van der Waals surface area contributed by atoms with Crippen LogP contribution in [-0.2, 0) is 6.54 Å². The molecule has 4 rings (SSSR count). The van der Waals surface area contributed by atoms with Crippen molar-refractivity contribution in [1.29, 1.82) is 0 Å². The van der Waals surface area contributed by atoms with Gasteiger partial charge in [0.15, 0.2) is 0 Å². The number of rotatable bonds is 3. The molecule has 24 heavy (non-hydrogen) atoms. The highest BCUT2D eigenvalue weighted by molar-refractivity contribution is 5.82. The van der Waals surface area contributed by atoms with Crippen molar-refractivity contribution in [2.24, 2.45) is 0 Å². The van der Waals surface area contributed by atoms with Crippen LogP contribution in [0, 0.1) is 6.92 Å². The highest BCUT2D eigenvalue weighted by atomic mass is 16.3. The summed E-state index contributed by atoms with van der Waals surface area (Å²) >= 11 is 0. The van der Waals surface area contributed by atoms with E-state index in [4.69, 9.17) is 0 Å². The molecule has 1 N–H and O–H groups in total. The molecule has 0 amide bonds. The van der Waals surface area contributed by atoms with E-state index in [0.717, 1.165) is 17.4 Å². The molecule has 0 aliphatic heterocycles. The lowest BCUT2D eigenvalue weighted by atomic mass is 10.0. The molecule has 2 nitrogen and oxygen atoms in total. The Kier molecular flexibility index (Phi) is 3.58. The zero-order chi connectivity index (χ0) is 16.5. The van der Waals surface area contributed by atoms with Crippen LogP contribution < -0.4 is 0 Å². The Morgan fingerprint density at radius 3 is 2.25 bits per heavy atom. The van der Waals surface area contributed by atoms with Gasteiger partial charge in [-0.15, -0.1) is 0 Å². The molecular formula is C22H19NO. The van der Waals surface area contributed by atoms with Gasteiger partial charge in [-0.3, -0.25) is 0 Å². The normalized spacial score (nSPS) is 11.0. The van der Waals surface area contributed by atoms with E-state index in [-0.39, 0.29) is 0 Å². The van der Waals surface area contributed by atoms with Gasteiger partial charge in [-0.2, -0.15) is 0 Å². The highest BCUT2D eigenvalue weighted by Crippen LogP contribution is 2.25. The summed E-state index contributed by atoms with van der Waals surface area (Å²) in [5, 5.41) is 10.7. The van der Waals surface area contributed by atoms with Gasteiger partial charge >= 0.3 is 0 Å². The number of aromatic nitrogens is 1. The number of benzene rings is 3. The fourth-order valence-electron chi connectivity index (χ4n) is 3.22. The number of fused-ring (bicyclic) bond motifs is 1. The van der Waals surface area contributed by atoms with Crippen LogP contribution in [-0.4, -0.2) is 9.67 Å². The van der Waals surface area contributed by atoms with Gasteiger partial charge in [0, 0.05) is 23.1 Å². The fourth-order valence-corrected chi connectivity index (χ4v) is 3.22. The number of hydrogen-bond acceptors (Lipinski definition) is 1. The third kappa shape index (κ3) is 2.67. The van der Waals surface area contributed by atoms with E-state index < -0.39 is 0 Å². The maximum Gasteiger partial charge on any atom is 0.116 e. The first kappa shape index (κ1) is 14.6. The quantitative estimate of drug-likeness (QED) is 0.540. The minimum atomic E-state index is 0.312. The van der Waals surface area contributed by atoms with Crippen molar-refractivity contribution in [2.75, 3.05) is 0 Å². The van der Waals surface area contributed by atoms with Gasteiger partial charge in [0.05, 0.1) is 0 Å². The predicted molar refractivity (Wildman–Crippen MR) is 99.3 cm³/mol. The molecule has 0 fully saturated rings. The minimum absolute atomic E-state index is 0.312. The van der Waals surface area contributed by atoms with Crippen molar-refractivity contribution in [3.63, 3.8) is 0 Å². The summed E-state index contributed by atoms with van der Waals surface area (Å²) in [5.41, 5.74) is 6.09. The second-order valence-corrected chi connectivity index (χ2v) is 6.18. The number of nitrogens with zero attached hydrogens (tertiary/aromatic N) is 1. The van der Waals surface area contributed by atoms with E-state index in [1.54, 1.807) is 6.07 Å². The number of phenolic OH excluding ortho intramolecular Hbond substituents is 1. The van der Waals surface area contributed by atoms with Crippen molar-refractivity contribution in [3.05, 3.63) is 90.1 Å². The van der Waals surface area contributed by atoms with Crippen molar-refractivity contribution < 1.29 is 5.11 Å². The molecule has 0 bridgehead atoms. The Bertz CT molecular complexity index is 982. The van der Waals surface area contributed by atoms with Gasteiger partial charge in [-0.05, 0) is 47.9 Å². The zero-order valence-corrected chi connectivity index (χ0v) is 13.6. The van der Waals surface area contributed by atoms with Crippen molar-refractivity contribution in [1.82, 2.24) is 4.57 Å². The van der Waals surface area contributed by atoms with Gasteiger partial charge in [0.1, 0.15) is 5.75 Å². The maximum absolute atomic E-state index is 9.65. The lowest BCUT2D eigenvalue weighted by molar-refractivity contribution is 0.476. The highest BCUT2D eigenvalue weighted by Gasteiger charge is 2.07. The number of phenols is 1. The second-order valence-electron chi connectivity index (χ2n) is 6.18. The maximum atomic E-state index is 9.65. The molecule has 118 valence electrons. The molecule has 3 aromatic carbocycles. The van der Waals surface area contributed by atoms with Crippen LogP contribution in [0.15, 0.2) is 78.9 Å². The molecule has 0 unspecified atom stereocenters. The van der Waals surface area contributed by atoms with E-state index in [9.17, 15) is 5.11 Å². The molecule has 0 saturated heterocycles. The Hall–Kier alpha value is -3.00. The molecular weight excluding hydrogens is 294 g/mol. The summed E-state index contributed by atoms with van der Waals surface area (Å²) in [6, 6.07) is 26.8. The third-order valence-corrected chi connectivity index (χ3v) is 4.49. The largest absolute Gasteiger partial charge is 0.508 e. The van der Waals surface area contributed by atoms with Crippen molar-refractivity contribution in [3.8, 4) is 16.9 Å². The third-order valence-electron chi connectivity index (χ3n) is 4.49. The molecule has 0 radical (unpaired) electrons. The van der Waals surface area contributed by atoms with Crippen molar-refractivity contribution in [2.45, 2.75) is 13.5 Å². The van der Waals surface area contributed by atoms with Gasteiger partial charge in [-0.25, -0.2) is 0 Å². The van der Waals surface area contributed by atoms with E-state index in [2.05, 4.69) is 66.1 Å². The molecule has 0 aliphatic rings. The Morgan fingerprint density at radius 2 is 1.50 bits per heavy atom. The first-order valence-electron chi connectivity index (χ1n) is 8.14. The molecule has 0 spiro atoms. The first-order valence-corrected chi connectivity index (χ1v) is 8.14. The average molecular weight is 313 g/mol. The topological polar surface area (TPSA) is 25.2 Å². The summed E-state index contributed by atoms with van der Waals surface area (Å²) in [5.74, 6) is 0.312. The van der Waals surface area contributed by atoms with Crippen LogP contribution in [0.2, 0.25) is 0 Å². The number of aryl methyl sites for hydroxylation is 1. The average Bonchev–Trinajstić information content (AvgIpc) is 2.91. The van der Waals surface area contributed by atoms with Crippen LogP contribution in [0.25, 0.3) is 22.0 Å². The Balaban J connectivity index is 1.65. The lowest BCUT2D eigenvalue weighted by Gasteiger charge is -2.10. The number of hydrogen-bond donors (Lipinski definition) is 1. The SMILES string of the molecule is Cc1cc2cc(O)ccc2n1Cc1ccc(-c2ccccc2)cc1. The summed E-state index contributed by atoms with van der Waals surface area (Å²) in [6.45, 7) is 2.94. The lowest BCUT2D eigenvalue weighted by Crippen LogP contribution is -2.01. The molecule has 2 heteroatoms. The molecule has 0 aliphatic carbocycles. The summed E-state index contributed by atoms with van der Waals surface area (Å²) in [6.07, 6.45) is 0. The molecule has 1 aromatic heterocycles. The Morgan fingerprint density at radius 1 is 0.792 bits per heavy atom. The fraction of sp³-hybridized carbons (Fsp3) is 0.0909. The monoisotopic (exact) mass is 313 g/mol. The van der Waals surface area contributed by atoms with Crippen LogP contribution in [0.1, 0.15) is 11.3 Å². The van der Waals surface area contributed by atoms with E-state index >= 15 is 0 Å². The molecule has 0 atom stereocenters.